The highest BCUT2D eigenvalue weighted by atomic mass is 16.5. The van der Waals surface area contributed by atoms with Crippen LogP contribution in [0.2, 0.25) is 0 Å². The van der Waals surface area contributed by atoms with Crippen molar-refractivity contribution in [3.63, 3.8) is 0 Å². The Labute approximate surface area is 192 Å². The maximum absolute atomic E-state index is 13.0. The number of imide groups is 1. The molecule has 2 atom stereocenters. The zero-order chi connectivity index (χ0) is 22.8. The summed E-state index contributed by atoms with van der Waals surface area (Å²) in [4.78, 5) is 39.9. The van der Waals surface area contributed by atoms with Crippen LogP contribution in [0.4, 0.5) is 5.69 Å². The maximum atomic E-state index is 13.0. The number of hydrogen-bond donors (Lipinski definition) is 0. The number of carbonyl (C=O) groups excluding carboxylic acids is 3. The van der Waals surface area contributed by atoms with Crippen molar-refractivity contribution >= 4 is 23.5 Å². The SMILES string of the molecule is O=C(OC(c1ccccc1)c1ccccc1)c1ccc(N2C(=O)[C@@H]3CC=CC[C@H]3C2=O)cc1. The predicted octanol–water partition coefficient (Wildman–Crippen LogP) is 5.09. The molecule has 5 rings (SSSR count). The van der Waals surface area contributed by atoms with Crippen molar-refractivity contribution < 1.29 is 19.1 Å². The van der Waals surface area contributed by atoms with Crippen molar-refractivity contribution in [1.29, 1.82) is 0 Å². The Bertz CT molecular complexity index is 1140. The number of anilines is 1. The molecule has 1 saturated heterocycles. The highest BCUT2D eigenvalue weighted by Crippen LogP contribution is 2.37. The molecule has 0 aromatic heterocycles. The third kappa shape index (κ3) is 3.98. The van der Waals surface area contributed by atoms with E-state index in [0.717, 1.165) is 11.1 Å². The van der Waals surface area contributed by atoms with E-state index < -0.39 is 12.1 Å². The van der Waals surface area contributed by atoms with E-state index >= 15 is 0 Å². The van der Waals surface area contributed by atoms with Crippen molar-refractivity contribution in [3.8, 4) is 0 Å². The number of allylic oxidation sites excluding steroid dienone is 2. The van der Waals surface area contributed by atoms with Crippen LogP contribution in [0.25, 0.3) is 0 Å². The number of ether oxygens (including phenoxy) is 1. The number of esters is 1. The normalized spacial score (nSPS) is 19.6. The molecule has 2 amide bonds. The van der Waals surface area contributed by atoms with Crippen molar-refractivity contribution in [2.75, 3.05) is 4.90 Å². The number of amides is 2. The van der Waals surface area contributed by atoms with Gasteiger partial charge in [-0.1, -0.05) is 72.8 Å². The van der Waals surface area contributed by atoms with Gasteiger partial charge in [0.15, 0.2) is 6.10 Å². The quantitative estimate of drug-likeness (QED) is 0.317. The van der Waals surface area contributed by atoms with Gasteiger partial charge in [-0.2, -0.15) is 0 Å². The molecule has 0 radical (unpaired) electrons. The summed E-state index contributed by atoms with van der Waals surface area (Å²) in [6, 6.07) is 25.6. The van der Waals surface area contributed by atoms with E-state index in [2.05, 4.69) is 0 Å². The minimum absolute atomic E-state index is 0.169. The van der Waals surface area contributed by atoms with Gasteiger partial charge in [0, 0.05) is 0 Å². The second kappa shape index (κ2) is 8.87. The van der Waals surface area contributed by atoms with E-state index in [1.165, 1.54) is 4.90 Å². The largest absolute Gasteiger partial charge is 0.449 e. The van der Waals surface area contributed by atoms with Crippen molar-refractivity contribution in [3.05, 3.63) is 114 Å². The Morgan fingerprint density at radius 2 is 1.21 bits per heavy atom. The number of fused-ring (bicyclic) bond motifs is 1. The average Bonchev–Trinajstić information content (AvgIpc) is 3.13. The van der Waals surface area contributed by atoms with Gasteiger partial charge in [-0.05, 0) is 48.2 Å². The van der Waals surface area contributed by atoms with E-state index in [1.54, 1.807) is 24.3 Å². The molecule has 0 unspecified atom stereocenters. The lowest BCUT2D eigenvalue weighted by Crippen LogP contribution is -2.30. The number of rotatable bonds is 5. The lowest BCUT2D eigenvalue weighted by Gasteiger charge is -2.19. The van der Waals surface area contributed by atoms with E-state index in [9.17, 15) is 14.4 Å². The summed E-state index contributed by atoms with van der Waals surface area (Å²) in [5.74, 6) is -1.39. The predicted molar refractivity (Wildman–Crippen MR) is 124 cm³/mol. The first kappa shape index (κ1) is 20.9. The summed E-state index contributed by atoms with van der Waals surface area (Å²) >= 11 is 0. The smallest absolute Gasteiger partial charge is 0.339 e. The van der Waals surface area contributed by atoms with Gasteiger partial charge in [0.2, 0.25) is 11.8 Å². The summed E-state index contributed by atoms with van der Waals surface area (Å²) in [6.07, 6.45) is 4.57. The molecule has 164 valence electrons. The molecule has 3 aromatic carbocycles. The van der Waals surface area contributed by atoms with Crippen molar-refractivity contribution in [1.82, 2.24) is 0 Å². The third-order valence-electron chi connectivity index (χ3n) is 6.30. The molecule has 3 aromatic rings. The molecule has 1 aliphatic carbocycles. The van der Waals surface area contributed by atoms with Crippen molar-refractivity contribution in [2.24, 2.45) is 11.8 Å². The second-order valence-corrected chi connectivity index (χ2v) is 8.32. The molecular weight excluding hydrogens is 414 g/mol. The number of benzene rings is 3. The molecule has 1 fully saturated rings. The first-order valence-corrected chi connectivity index (χ1v) is 11.1. The lowest BCUT2D eigenvalue weighted by atomic mass is 9.85. The van der Waals surface area contributed by atoms with Crippen LogP contribution in [0, 0.1) is 11.8 Å². The summed E-state index contributed by atoms with van der Waals surface area (Å²) in [6.45, 7) is 0. The van der Waals surface area contributed by atoms with E-state index in [-0.39, 0.29) is 23.7 Å². The third-order valence-corrected chi connectivity index (χ3v) is 6.30. The first-order valence-electron chi connectivity index (χ1n) is 11.1. The molecule has 0 N–H and O–H groups in total. The monoisotopic (exact) mass is 437 g/mol. The summed E-state index contributed by atoms with van der Waals surface area (Å²) in [7, 11) is 0. The first-order chi connectivity index (χ1) is 16.1. The van der Waals surface area contributed by atoms with Crippen LogP contribution in [0.5, 0.6) is 0 Å². The fourth-order valence-corrected chi connectivity index (χ4v) is 4.56. The standard InChI is InChI=1S/C28H23NO4/c30-26-23-13-7-8-14-24(23)27(31)29(26)22-17-15-21(16-18-22)28(32)33-25(19-9-3-1-4-10-19)20-11-5-2-6-12-20/h1-12,15-18,23-25H,13-14H2/t23-,24-/m1/s1. The molecule has 5 nitrogen and oxygen atoms in total. The van der Waals surface area contributed by atoms with Gasteiger partial charge in [-0.25, -0.2) is 4.79 Å². The molecule has 5 heteroatoms. The molecule has 0 bridgehead atoms. The van der Waals surface area contributed by atoms with Gasteiger partial charge >= 0.3 is 5.97 Å². The Morgan fingerprint density at radius 3 is 1.70 bits per heavy atom. The fraction of sp³-hybridized carbons (Fsp3) is 0.179. The van der Waals surface area contributed by atoms with E-state index in [0.29, 0.717) is 24.1 Å². The van der Waals surface area contributed by atoms with Gasteiger partial charge in [0.1, 0.15) is 0 Å². The van der Waals surface area contributed by atoms with Gasteiger partial charge < -0.3 is 4.74 Å². The van der Waals surface area contributed by atoms with Gasteiger partial charge in [0.05, 0.1) is 23.1 Å². The zero-order valence-electron chi connectivity index (χ0n) is 18.0. The number of nitrogens with zero attached hydrogens (tertiary/aromatic N) is 1. The molecule has 0 saturated carbocycles. The highest BCUT2D eigenvalue weighted by Gasteiger charge is 2.47. The van der Waals surface area contributed by atoms with E-state index in [1.807, 2.05) is 72.8 Å². The van der Waals surface area contributed by atoms with E-state index in [4.69, 9.17) is 4.74 Å². The van der Waals surface area contributed by atoms with Crippen LogP contribution >= 0.6 is 0 Å². The molecule has 33 heavy (non-hydrogen) atoms. The highest BCUT2D eigenvalue weighted by molar-refractivity contribution is 6.22. The van der Waals surface area contributed by atoms with Crippen LogP contribution in [0.3, 0.4) is 0 Å². The molecular formula is C28H23NO4. The number of carbonyl (C=O) groups is 3. The van der Waals surface area contributed by atoms with Crippen LogP contribution in [-0.4, -0.2) is 17.8 Å². The topological polar surface area (TPSA) is 63.7 Å². The second-order valence-electron chi connectivity index (χ2n) is 8.32. The van der Waals surface area contributed by atoms with Gasteiger partial charge in [-0.3, -0.25) is 14.5 Å². The maximum Gasteiger partial charge on any atom is 0.339 e. The minimum Gasteiger partial charge on any atom is -0.449 e. The van der Waals surface area contributed by atoms with Gasteiger partial charge in [0.25, 0.3) is 0 Å². The van der Waals surface area contributed by atoms with Crippen LogP contribution in [0.1, 0.15) is 40.4 Å². The summed E-state index contributed by atoms with van der Waals surface area (Å²) < 4.78 is 5.90. The zero-order valence-corrected chi connectivity index (χ0v) is 18.0. The average molecular weight is 437 g/mol. The summed E-state index contributed by atoms with van der Waals surface area (Å²) in [5, 5.41) is 0. The molecule has 2 aliphatic rings. The summed E-state index contributed by atoms with van der Waals surface area (Å²) in [5.41, 5.74) is 2.59. The van der Waals surface area contributed by atoms with Crippen molar-refractivity contribution in [2.45, 2.75) is 18.9 Å². The fourth-order valence-electron chi connectivity index (χ4n) is 4.56. The van der Waals surface area contributed by atoms with Crippen LogP contribution < -0.4 is 4.90 Å². The van der Waals surface area contributed by atoms with Crippen LogP contribution in [0.15, 0.2) is 97.1 Å². The Balaban J connectivity index is 1.36. The van der Waals surface area contributed by atoms with Gasteiger partial charge in [-0.15, -0.1) is 0 Å². The number of hydrogen-bond acceptors (Lipinski definition) is 4. The minimum atomic E-state index is -0.545. The molecule has 1 heterocycles. The van der Waals surface area contributed by atoms with Crippen LogP contribution in [-0.2, 0) is 14.3 Å². The lowest BCUT2D eigenvalue weighted by molar-refractivity contribution is -0.122. The Morgan fingerprint density at radius 1 is 0.727 bits per heavy atom. The Kier molecular flexibility index (Phi) is 5.61. The Hall–Kier alpha value is -3.99. The molecule has 0 spiro atoms. The molecule has 1 aliphatic heterocycles.